The Morgan fingerprint density at radius 1 is 1.50 bits per heavy atom. The standard InChI is InChI=1S/C8H17NO/c1-2-3-8(4-5-8)9-6-7-10/h9-10H,2-7H2,1H3. The largest absolute Gasteiger partial charge is 0.395 e. The van der Waals surface area contributed by atoms with Crippen LogP contribution in [0.4, 0.5) is 0 Å². The van der Waals surface area contributed by atoms with Crippen molar-refractivity contribution in [2.75, 3.05) is 13.2 Å². The lowest BCUT2D eigenvalue weighted by molar-refractivity contribution is 0.278. The van der Waals surface area contributed by atoms with Crippen LogP contribution in [-0.4, -0.2) is 23.8 Å². The van der Waals surface area contributed by atoms with Gasteiger partial charge in [-0.2, -0.15) is 0 Å². The van der Waals surface area contributed by atoms with Crippen LogP contribution in [0.15, 0.2) is 0 Å². The summed E-state index contributed by atoms with van der Waals surface area (Å²) < 4.78 is 0. The van der Waals surface area contributed by atoms with Gasteiger partial charge in [-0.15, -0.1) is 0 Å². The van der Waals surface area contributed by atoms with Gasteiger partial charge in [-0.05, 0) is 19.3 Å². The first kappa shape index (κ1) is 8.02. The van der Waals surface area contributed by atoms with Crippen LogP contribution >= 0.6 is 0 Å². The van der Waals surface area contributed by atoms with Gasteiger partial charge >= 0.3 is 0 Å². The molecule has 10 heavy (non-hydrogen) atoms. The van der Waals surface area contributed by atoms with Crippen LogP contribution in [-0.2, 0) is 0 Å². The Labute approximate surface area is 62.6 Å². The fourth-order valence-corrected chi connectivity index (χ4v) is 1.47. The van der Waals surface area contributed by atoms with Crippen LogP contribution in [0.2, 0.25) is 0 Å². The summed E-state index contributed by atoms with van der Waals surface area (Å²) in [6, 6.07) is 0. The summed E-state index contributed by atoms with van der Waals surface area (Å²) in [5.74, 6) is 0. The van der Waals surface area contributed by atoms with E-state index in [0.29, 0.717) is 5.54 Å². The first-order valence-electron chi connectivity index (χ1n) is 4.19. The minimum absolute atomic E-state index is 0.269. The number of hydrogen-bond acceptors (Lipinski definition) is 2. The average molecular weight is 143 g/mol. The van der Waals surface area contributed by atoms with Crippen molar-refractivity contribution in [3.8, 4) is 0 Å². The maximum atomic E-state index is 8.56. The zero-order valence-electron chi connectivity index (χ0n) is 6.69. The number of β-amino-alcohol motifs (C(OH)–C–C–N with tert-alkyl or cyclic N) is 1. The minimum Gasteiger partial charge on any atom is -0.395 e. The van der Waals surface area contributed by atoms with E-state index in [1.165, 1.54) is 25.7 Å². The Bertz CT molecular complexity index is 99.4. The van der Waals surface area contributed by atoms with E-state index in [-0.39, 0.29) is 6.61 Å². The molecule has 0 atom stereocenters. The molecule has 2 nitrogen and oxygen atoms in total. The third kappa shape index (κ3) is 1.96. The summed E-state index contributed by atoms with van der Waals surface area (Å²) in [6.45, 7) is 3.24. The van der Waals surface area contributed by atoms with E-state index in [9.17, 15) is 0 Å². The first-order chi connectivity index (χ1) is 4.83. The summed E-state index contributed by atoms with van der Waals surface area (Å²) in [5.41, 5.74) is 0.442. The molecule has 2 heteroatoms. The molecule has 0 aromatic rings. The number of aliphatic hydroxyl groups excluding tert-OH is 1. The summed E-state index contributed by atoms with van der Waals surface area (Å²) in [6.07, 6.45) is 5.13. The van der Waals surface area contributed by atoms with Gasteiger partial charge in [0.2, 0.25) is 0 Å². The van der Waals surface area contributed by atoms with Crippen molar-refractivity contribution in [1.82, 2.24) is 5.32 Å². The van der Waals surface area contributed by atoms with Gasteiger partial charge in [0.25, 0.3) is 0 Å². The molecule has 0 bridgehead atoms. The molecule has 60 valence electrons. The fourth-order valence-electron chi connectivity index (χ4n) is 1.47. The Morgan fingerprint density at radius 3 is 2.60 bits per heavy atom. The maximum Gasteiger partial charge on any atom is 0.0556 e. The molecule has 1 aliphatic rings. The van der Waals surface area contributed by atoms with Gasteiger partial charge in [-0.1, -0.05) is 13.3 Å². The Hall–Kier alpha value is -0.0800. The van der Waals surface area contributed by atoms with Crippen molar-refractivity contribution >= 4 is 0 Å². The van der Waals surface area contributed by atoms with Crippen molar-refractivity contribution in [2.45, 2.75) is 38.1 Å². The van der Waals surface area contributed by atoms with Gasteiger partial charge in [0.1, 0.15) is 0 Å². The number of hydrogen-bond donors (Lipinski definition) is 2. The van der Waals surface area contributed by atoms with E-state index in [0.717, 1.165) is 6.54 Å². The molecular weight excluding hydrogens is 126 g/mol. The smallest absolute Gasteiger partial charge is 0.0556 e. The molecule has 0 aromatic carbocycles. The van der Waals surface area contributed by atoms with Crippen LogP contribution in [0.1, 0.15) is 32.6 Å². The van der Waals surface area contributed by atoms with Crippen molar-refractivity contribution in [3.05, 3.63) is 0 Å². The van der Waals surface area contributed by atoms with E-state index in [1.807, 2.05) is 0 Å². The topological polar surface area (TPSA) is 32.3 Å². The Balaban J connectivity index is 2.11. The van der Waals surface area contributed by atoms with Crippen LogP contribution < -0.4 is 5.32 Å². The molecule has 2 N–H and O–H groups in total. The maximum absolute atomic E-state index is 8.56. The van der Waals surface area contributed by atoms with Crippen molar-refractivity contribution in [2.24, 2.45) is 0 Å². The van der Waals surface area contributed by atoms with Crippen LogP contribution in [0.3, 0.4) is 0 Å². The summed E-state index contributed by atoms with van der Waals surface area (Å²) in [7, 11) is 0. The predicted octanol–water partition coefficient (Wildman–Crippen LogP) is 0.901. The summed E-state index contributed by atoms with van der Waals surface area (Å²) >= 11 is 0. The Morgan fingerprint density at radius 2 is 2.20 bits per heavy atom. The van der Waals surface area contributed by atoms with Gasteiger partial charge in [0.05, 0.1) is 6.61 Å². The quantitative estimate of drug-likeness (QED) is 0.599. The van der Waals surface area contributed by atoms with E-state index < -0.39 is 0 Å². The molecule has 1 fully saturated rings. The van der Waals surface area contributed by atoms with Gasteiger partial charge in [-0.25, -0.2) is 0 Å². The molecule has 0 heterocycles. The molecule has 0 unspecified atom stereocenters. The second kappa shape index (κ2) is 3.35. The lowest BCUT2D eigenvalue weighted by atomic mass is 10.1. The predicted molar refractivity (Wildman–Crippen MR) is 42.0 cm³/mol. The first-order valence-corrected chi connectivity index (χ1v) is 4.19. The molecule has 1 rings (SSSR count). The van der Waals surface area contributed by atoms with Gasteiger partial charge < -0.3 is 10.4 Å². The SMILES string of the molecule is CCCC1(NCCO)CC1. The van der Waals surface area contributed by atoms with Crippen molar-refractivity contribution < 1.29 is 5.11 Å². The highest BCUT2D eigenvalue weighted by molar-refractivity contribution is 5.01. The third-order valence-corrected chi connectivity index (χ3v) is 2.19. The van der Waals surface area contributed by atoms with Gasteiger partial charge in [0, 0.05) is 12.1 Å². The zero-order chi connectivity index (χ0) is 7.45. The van der Waals surface area contributed by atoms with Crippen molar-refractivity contribution in [3.63, 3.8) is 0 Å². The molecule has 1 saturated carbocycles. The minimum atomic E-state index is 0.269. The van der Waals surface area contributed by atoms with E-state index in [4.69, 9.17) is 5.11 Å². The monoisotopic (exact) mass is 143 g/mol. The second-order valence-corrected chi connectivity index (χ2v) is 3.18. The van der Waals surface area contributed by atoms with Crippen LogP contribution in [0, 0.1) is 0 Å². The molecule has 0 aromatic heterocycles. The lowest BCUT2D eigenvalue weighted by Crippen LogP contribution is -2.33. The normalized spacial score (nSPS) is 21.0. The van der Waals surface area contributed by atoms with Crippen molar-refractivity contribution in [1.29, 1.82) is 0 Å². The molecule has 0 amide bonds. The summed E-state index contributed by atoms with van der Waals surface area (Å²) in [5, 5.41) is 11.9. The molecule has 0 spiro atoms. The van der Waals surface area contributed by atoms with Crippen LogP contribution in [0.25, 0.3) is 0 Å². The second-order valence-electron chi connectivity index (χ2n) is 3.18. The van der Waals surface area contributed by atoms with Crippen LogP contribution in [0.5, 0.6) is 0 Å². The zero-order valence-corrected chi connectivity index (χ0v) is 6.69. The number of aliphatic hydroxyl groups is 1. The van der Waals surface area contributed by atoms with E-state index in [1.54, 1.807) is 0 Å². The van der Waals surface area contributed by atoms with Gasteiger partial charge in [-0.3, -0.25) is 0 Å². The third-order valence-electron chi connectivity index (χ3n) is 2.19. The summed E-state index contributed by atoms with van der Waals surface area (Å²) in [4.78, 5) is 0. The molecule has 0 aliphatic heterocycles. The molecule has 0 saturated heterocycles. The fraction of sp³-hybridized carbons (Fsp3) is 1.00. The molecular formula is C8H17NO. The lowest BCUT2D eigenvalue weighted by Gasteiger charge is -2.14. The number of nitrogens with one attached hydrogen (secondary N) is 1. The van der Waals surface area contributed by atoms with E-state index in [2.05, 4.69) is 12.2 Å². The highest BCUT2D eigenvalue weighted by Gasteiger charge is 2.40. The van der Waals surface area contributed by atoms with Gasteiger partial charge in [0.15, 0.2) is 0 Å². The highest BCUT2D eigenvalue weighted by atomic mass is 16.3. The van der Waals surface area contributed by atoms with E-state index >= 15 is 0 Å². The Kier molecular flexibility index (Phi) is 2.69. The molecule has 0 radical (unpaired) electrons. The number of rotatable bonds is 5. The average Bonchev–Trinajstić information content (AvgIpc) is 2.67. The molecule has 1 aliphatic carbocycles. The highest BCUT2D eigenvalue weighted by Crippen LogP contribution is 2.39.